The Kier molecular flexibility index (Phi) is 3.93. The first kappa shape index (κ1) is 11.9. The van der Waals surface area contributed by atoms with Crippen LogP contribution in [0, 0.1) is 0 Å². The standard InChI is InChI=1S/C12H16N4S/c1-3-10(12-15-6-7-17-12)16-9-4-5-14-11(8-9)13-2/h4-8,10H,3H2,1-2H3,(H2,13,14,16). The lowest BCUT2D eigenvalue weighted by Gasteiger charge is -2.16. The van der Waals surface area contributed by atoms with Gasteiger partial charge in [0.05, 0.1) is 6.04 Å². The average Bonchev–Trinajstić information content (AvgIpc) is 2.90. The number of pyridine rings is 1. The molecular formula is C12H16N4S. The fourth-order valence-corrected chi connectivity index (χ4v) is 2.38. The fourth-order valence-electron chi connectivity index (χ4n) is 1.60. The SMILES string of the molecule is CCC(Nc1ccnc(NC)c1)c1nccs1. The number of hydrogen-bond acceptors (Lipinski definition) is 5. The molecule has 0 bridgehead atoms. The lowest BCUT2D eigenvalue weighted by atomic mass is 10.2. The van der Waals surface area contributed by atoms with Crippen molar-refractivity contribution < 1.29 is 0 Å². The Morgan fingerprint density at radius 3 is 2.88 bits per heavy atom. The highest BCUT2D eigenvalue weighted by Crippen LogP contribution is 2.24. The number of aromatic nitrogens is 2. The summed E-state index contributed by atoms with van der Waals surface area (Å²) in [6.45, 7) is 2.15. The van der Waals surface area contributed by atoms with Crippen LogP contribution >= 0.6 is 11.3 Å². The Labute approximate surface area is 105 Å². The van der Waals surface area contributed by atoms with E-state index < -0.39 is 0 Å². The van der Waals surface area contributed by atoms with E-state index >= 15 is 0 Å². The molecule has 17 heavy (non-hydrogen) atoms. The molecule has 0 amide bonds. The maximum absolute atomic E-state index is 4.35. The third kappa shape index (κ3) is 2.94. The second-order valence-electron chi connectivity index (χ2n) is 3.66. The van der Waals surface area contributed by atoms with Gasteiger partial charge in [-0.1, -0.05) is 6.92 Å². The summed E-state index contributed by atoms with van der Waals surface area (Å²) in [5.41, 5.74) is 1.06. The molecule has 0 saturated heterocycles. The Morgan fingerprint density at radius 2 is 2.24 bits per heavy atom. The summed E-state index contributed by atoms with van der Waals surface area (Å²) in [5, 5.41) is 9.63. The van der Waals surface area contributed by atoms with Gasteiger partial charge >= 0.3 is 0 Å². The first-order chi connectivity index (χ1) is 8.33. The Morgan fingerprint density at radius 1 is 1.35 bits per heavy atom. The van der Waals surface area contributed by atoms with Gasteiger partial charge < -0.3 is 10.6 Å². The molecule has 2 aromatic heterocycles. The van der Waals surface area contributed by atoms with Crippen molar-refractivity contribution in [2.24, 2.45) is 0 Å². The van der Waals surface area contributed by atoms with Crippen LogP contribution in [0.15, 0.2) is 29.9 Å². The second kappa shape index (κ2) is 5.63. The van der Waals surface area contributed by atoms with Crippen LogP contribution in [-0.4, -0.2) is 17.0 Å². The maximum atomic E-state index is 4.35. The molecular weight excluding hydrogens is 232 g/mol. The van der Waals surface area contributed by atoms with E-state index in [4.69, 9.17) is 0 Å². The minimum Gasteiger partial charge on any atom is -0.376 e. The van der Waals surface area contributed by atoms with Gasteiger partial charge in [0.2, 0.25) is 0 Å². The smallest absolute Gasteiger partial charge is 0.127 e. The quantitative estimate of drug-likeness (QED) is 0.853. The number of thiazole rings is 1. The molecule has 1 unspecified atom stereocenters. The van der Waals surface area contributed by atoms with Crippen LogP contribution in [-0.2, 0) is 0 Å². The van der Waals surface area contributed by atoms with Crippen molar-refractivity contribution >= 4 is 22.8 Å². The van der Waals surface area contributed by atoms with Crippen molar-refractivity contribution in [1.82, 2.24) is 9.97 Å². The molecule has 0 spiro atoms. The van der Waals surface area contributed by atoms with E-state index in [1.807, 2.05) is 30.8 Å². The zero-order valence-electron chi connectivity index (χ0n) is 9.97. The van der Waals surface area contributed by atoms with E-state index in [9.17, 15) is 0 Å². The second-order valence-corrected chi connectivity index (χ2v) is 4.58. The molecule has 1 atom stereocenters. The van der Waals surface area contributed by atoms with Gasteiger partial charge in [-0.15, -0.1) is 11.3 Å². The molecule has 2 heterocycles. The van der Waals surface area contributed by atoms with Crippen LogP contribution in [0.25, 0.3) is 0 Å². The van der Waals surface area contributed by atoms with Crippen LogP contribution in [0.4, 0.5) is 11.5 Å². The van der Waals surface area contributed by atoms with Crippen LogP contribution < -0.4 is 10.6 Å². The minimum absolute atomic E-state index is 0.266. The van der Waals surface area contributed by atoms with Gasteiger partial charge in [-0.2, -0.15) is 0 Å². The predicted octanol–water partition coefficient (Wildman–Crippen LogP) is 3.14. The van der Waals surface area contributed by atoms with Crippen molar-refractivity contribution in [2.45, 2.75) is 19.4 Å². The molecule has 5 heteroatoms. The van der Waals surface area contributed by atoms with E-state index in [1.54, 1.807) is 17.5 Å². The lowest BCUT2D eigenvalue weighted by Crippen LogP contribution is -2.09. The minimum atomic E-state index is 0.266. The topological polar surface area (TPSA) is 49.8 Å². The van der Waals surface area contributed by atoms with Gasteiger partial charge in [0, 0.05) is 36.6 Å². The van der Waals surface area contributed by atoms with Gasteiger partial charge in [-0.05, 0) is 12.5 Å². The normalized spacial score (nSPS) is 12.1. The number of hydrogen-bond donors (Lipinski definition) is 2. The van der Waals surface area contributed by atoms with Crippen molar-refractivity contribution in [3.05, 3.63) is 34.9 Å². The number of anilines is 2. The summed E-state index contributed by atoms with van der Waals surface area (Å²) >= 11 is 1.68. The molecule has 2 aromatic rings. The van der Waals surface area contributed by atoms with E-state index in [0.717, 1.165) is 22.9 Å². The van der Waals surface area contributed by atoms with E-state index in [1.165, 1.54) is 0 Å². The Hall–Kier alpha value is -1.62. The van der Waals surface area contributed by atoms with Crippen molar-refractivity contribution in [2.75, 3.05) is 17.7 Å². The lowest BCUT2D eigenvalue weighted by molar-refractivity contribution is 0.742. The molecule has 0 aliphatic carbocycles. The van der Waals surface area contributed by atoms with Crippen molar-refractivity contribution in [3.63, 3.8) is 0 Å². The zero-order chi connectivity index (χ0) is 12.1. The van der Waals surface area contributed by atoms with Crippen LogP contribution in [0.1, 0.15) is 24.4 Å². The summed E-state index contributed by atoms with van der Waals surface area (Å²) in [6, 6.07) is 4.23. The molecule has 90 valence electrons. The monoisotopic (exact) mass is 248 g/mol. The highest BCUT2D eigenvalue weighted by atomic mass is 32.1. The largest absolute Gasteiger partial charge is 0.376 e. The Bertz CT molecular complexity index is 455. The van der Waals surface area contributed by atoms with Crippen LogP contribution in [0.5, 0.6) is 0 Å². The molecule has 2 rings (SSSR count). The molecule has 0 saturated carbocycles. The zero-order valence-corrected chi connectivity index (χ0v) is 10.8. The van der Waals surface area contributed by atoms with Gasteiger partial charge in [-0.25, -0.2) is 9.97 Å². The van der Waals surface area contributed by atoms with Gasteiger partial charge in [0.15, 0.2) is 0 Å². The average molecular weight is 248 g/mol. The molecule has 0 fully saturated rings. The summed E-state index contributed by atoms with van der Waals surface area (Å²) in [7, 11) is 1.87. The molecule has 0 radical (unpaired) electrons. The molecule has 4 nitrogen and oxygen atoms in total. The van der Waals surface area contributed by atoms with E-state index in [-0.39, 0.29) is 6.04 Å². The number of nitrogens with one attached hydrogen (secondary N) is 2. The Balaban J connectivity index is 2.13. The summed E-state index contributed by atoms with van der Waals surface area (Å²) < 4.78 is 0. The van der Waals surface area contributed by atoms with Crippen molar-refractivity contribution in [1.29, 1.82) is 0 Å². The summed E-state index contributed by atoms with van der Waals surface area (Å²) in [5.74, 6) is 0.865. The molecule has 0 aliphatic rings. The first-order valence-electron chi connectivity index (χ1n) is 5.63. The van der Waals surface area contributed by atoms with Crippen LogP contribution in [0.3, 0.4) is 0 Å². The fraction of sp³-hybridized carbons (Fsp3) is 0.333. The van der Waals surface area contributed by atoms with E-state index in [2.05, 4.69) is 27.5 Å². The van der Waals surface area contributed by atoms with Gasteiger partial charge in [0.25, 0.3) is 0 Å². The number of nitrogens with zero attached hydrogens (tertiary/aromatic N) is 2. The van der Waals surface area contributed by atoms with E-state index in [0.29, 0.717) is 0 Å². The highest BCUT2D eigenvalue weighted by molar-refractivity contribution is 7.09. The molecule has 2 N–H and O–H groups in total. The van der Waals surface area contributed by atoms with Crippen molar-refractivity contribution in [3.8, 4) is 0 Å². The highest BCUT2D eigenvalue weighted by Gasteiger charge is 2.11. The third-order valence-corrected chi connectivity index (χ3v) is 3.40. The molecule has 0 aromatic carbocycles. The predicted molar refractivity (Wildman–Crippen MR) is 72.6 cm³/mol. The summed E-state index contributed by atoms with van der Waals surface area (Å²) in [6.07, 6.45) is 4.64. The van der Waals surface area contributed by atoms with Gasteiger partial charge in [-0.3, -0.25) is 0 Å². The van der Waals surface area contributed by atoms with Gasteiger partial charge in [0.1, 0.15) is 10.8 Å². The molecule has 0 aliphatic heterocycles. The van der Waals surface area contributed by atoms with Crippen LogP contribution in [0.2, 0.25) is 0 Å². The number of rotatable bonds is 5. The summed E-state index contributed by atoms with van der Waals surface area (Å²) in [4.78, 5) is 8.54. The maximum Gasteiger partial charge on any atom is 0.127 e. The first-order valence-corrected chi connectivity index (χ1v) is 6.51. The third-order valence-electron chi connectivity index (χ3n) is 2.51.